The van der Waals surface area contributed by atoms with E-state index in [0.29, 0.717) is 19.4 Å². The Morgan fingerprint density at radius 2 is 1.78 bits per heavy atom. The average Bonchev–Trinajstić information content (AvgIpc) is 2.46. The lowest BCUT2D eigenvalue weighted by Crippen LogP contribution is -2.46. The Hall–Kier alpha value is -1.62. The summed E-state index contributed by atoms with van der Waals surface area (Å²) in [4.78, 5) is 12.0. The normalized spacial score (nSPS) is 15.1. The number of amides is 2. The highest BCUT2D eigenvalue weighted by Gasteiger charge is 2.17. The van der Waals surface area contributed by atoms with Gasteiger partial charge in [-0.1, -0.05) is 32.9 Å². The molecule has 0 bridgehead atoms. The zero-order chi connectivity index (χ0) is 17.4. The van der Waals surface area contributed by atoms with Crippen LogP contribution < -0.4 is 10.6 Å². The number of aliphatic hydroxyl groups is 1. The third-order valence-corrected chi connectivity index (χ3v) is 3.84. The quantitative estimate of drug-likeness (QED) is 0.688. The fraction of sp³-hybridized carbons (Fsp3) is 0.611. The first-order chi connectivity index (χ1) is 10.8. The van der Waals surface area contributed by atoms with Crippen LogP contribution in [-0.2, 0) is 6.42 Å². The molecule has 0 fully saturated rings. The molecule has 2 amide bonds. The summed E-state index contributed by atoms with van der Waals surface area (Å²) in [5, 5.41) is 15.2. The fourth-order valence-corrected chi connectivity index (χ4v) is 2.48. The minimum Gasteiger partial charge on any atom is -0.393 e. The lowest BCUT2D eigenvalue weighted by atomic mass is 9.96. The molecule has 1 rings (SSSR count). The molecule has 1 aromatic rings. The summed E-state index contributed by atoms with van der Waals surface area (Å²) in [5.74, 6) is 0.226. The molecular weight excluding hydrogens is 295 g/mol. The summed E-state index contributed by atoms with van der Waals surface area (Å²) in [6.07, 6.45) is 0.953. The Balaban J connectivity index is 2.48. The predicted octanol–water partition coefficient (Wildman–Crippen LogP) is 3.10. The Morgan fingerprint density at radius 3 is 2.30 bits per heavy atom. The number of urea groups is 1. The van der Waals surface area contributed by atoms with Crippen LogP contribution in [0.1, 0.15) is 39.7 Å². The molecule has 3 unspecified atom stereocenters. The van der Waals surface area contributed by atoms with Gasteiger partial charge in [-0.25, -0.2) is 9.18 Å². The molecule has 23 heavy (non-hydrogen) atoms. The summed E-state index contributed by atoms with van der Waals surface area (Å²) in [7, 11) is 0. The van der Waals surface area contributed by atoms with E-state index in [9.17, 15) is 14.3 Å². The number of hydrogen-bond donors (Lipinski definition) is 3. The van der Waals surface area contributed by atoms with Gasteiger partial charge in [-0.2, -0.15) is 0 Å². The molecule has 0 heterocycles. The van der Waals surface area contributed by atoms with E-state index in [-0.39, 0.29) is 35.8 Å². The minimum absolute atomic E-state index is 0.0208. The molecule has 0 saturated carbocycles. The van der Waals surface area contributed by atoms with Crippen LogP contribution in [0.3, 0.4) is 0 Å². The van der Waals surface area contributed by atoms with Crippen LogP contribution in [0.15, 0.2) is 24.3 Å². The van der Waals surface area contributed by atoms with Gasteiger partial charge in [0.05, 0.1) is 6.10 Å². The van der Waals surface area contributed by atoms with Crippen LogP contribution in [0.4, 0.5) is 9.18 Å². The van der Waals surface area contributed by atoms with Crippen molar-refractivity contribution in [2.24, 2.45) is 11.8 Å². The SMILES string of the molecule is CC(O)CC(C)CNC(=O)NC(Cc1ccc(F)cc1)C(C)C. The van der Waals surface area contributed by atoms with E-state index in [1.807, 2.05) is 20.8 Å². The summed E-state index contributed by atoms with van der Waals surface area (Å²) >= 11 is 0. The lowest BCUT2D eigenvalue weighted by Gasteiger charge is -2.23. The van der Waals surface area contributed by atoms with Crippen LogP contribution >= 0.6 is 0 Å². The second kappa shape index (κ2) is 9.50. The maximum atomic E-state index is 13.0. The van der Waals surface area contributed by atoms with Crippen molar-refractivity contribution in [1.82, 2.24) is 10.6 Å². The second-order valence-corrected chi connectivity index (χ2v) is 6.73. The Kier molecular flexibility index (Phi) is 8.03. The standard InChI is InChI=1S/C18H29FN2O2/c1-12(2)17(10-15-5-7-16(19)8-6-15)21-18(23)20-11-13(3)9-14(4)22/h5-8,12-14,17,22H,9-11H2,1-4H3,(H2,20,21,23). The van der Waals surface area contributed by atoms with Crippen molar-refractivity contribution in [3.05, 3.63) is 35.6 Å². The smallest absolute Gasteiger partial charge is 0.315 e. The van der Waals surface area contributed by atoms with Gasteiger partial charge in [-0.15, -0.1) is 0 Å². The monoisotopic (exact) mass is 324 g/mol. The number of benzene rings is 1. The van der Waals surface area contributed by atoms with Gasteiger partial charge in [0.2, 0.25) is 0 Å². The van der Waals surface area contributed by atoms with E-state index in [4.69, 9.17) is 0 Å². The van der Waals surface area contributed by atoms with Crippen molar-refractivity contribution < 1.29 is 14.3 Å². The van der Waals surface area contributed by atoms with Crippen molar-refractivity contribution in [2.45, 2.75) is 52.7 Å². The number of carbonyl (C=O) groups is 1. The van der Waals surface area contributed by atoms with Gasteiger partial charge in [0.25, 0.3) is 0 Å². The van der Waals surface area contributed by atoms with Crippen LogP contribution in [0.2, 0.25) is 0 Å². The van der Waals surface area contributed by atoms with Crippen molar-refractivity contribution in [3.63, 3.8) is 0 Å². The topological polar surface area (TPSA) is 61.4 Å². The van der Waals surface area contributed by atoms with Gasteiger partial charge in [-0.3, -0.25) is 0 Å². The van der Waals surface area contributed by atoms with Gasteiger partial charge in [0.15, 0.2) is 0 Å². The van der Waals surface area contributed by atoms with E-state index in [1.165, 1.54) is 12.1 Å². The van der Waals surface area contributed by atoms with Gasteiger partial charge in [0.1, 0.15) is 5.82 Å². The van der Waals surface area contributed by atoms with Crippen LogP contribution in [-0.4, -0.2) is 29.8 Å². The predicted molar refractivity (Wildman–Crippen MR) is 90.7 cm³/mol. The molecule has 0 radical (unpaired) electrons. The van der Waals surface area contributed by atoms with Gasteiger partial charge in [0, 0.05) is 12.6 Å². The number of aliphatic hydroxyl groups excluding tert-OH is 1. The van der Waals surface area contributed by atoms with E-state index in [0.717, 1.165) is 5.56 Å². The zero-order valence-corrected chi connectivity index (χ0v) is 14.5. The molecule has 0 saturated heterocycles. The second-order valence-electron chi connectivity index (χ2n) is 6.73. The zero-order valence-electron chi connectivity index (χ0n) is 14.5. The molecule has 0 aromatic heterocycles. The van der Waals surface area contributed by atoms with Crippen molar-refractivity contribution in [2.75, 3.05) is 6.54 Å². The number of carbonyl (C=O) groups excluding carboxylic acids is 1. The molecule has 3 atom stereocenters. The highest BCUT2D eigenvalue weighted by Crippen LogP contribution is 2.11. The van der Waals surface area contributed by atoms with E-state index in [1.54, 1.807) is 19.1 Å². The molecule has 0 aliphatic heterocycles. The van der Waals surface area contributed by atoms with Gasteiger partial charge in [-0.05, 0) is 49.3 Å². The maximum Gasteiger partial charge on any atom is 0.315 e. The Morgan fingerprint density at radius 1 is 1.17 bits per heavy atom. The molecule has 1 aromatic carbocycles. The first-order valence-electron chi connectivity index (χ1n) is 8.24. The van der Waals surface area contributed by atoms with Crippen molar-refractivity contribution >= 4 is 6.03 Å². The highest BCUT2D eigenvalue weighted by molar-refractivity contribution is 5.74. The first kappa shape index (κ1) is 19.4. The van der Waals surface area contributed by atoms with Crippen LogP contribution in [0, 0.1) is 17.7 Å². The highest BCUT2D eigenvalue weighted by atomic mass is 19.1. The molecule has 5 heteroatoms. The number of halogens is 1. The van der Waals surface area contributed by atoms with E-state index >= 15 is 0 Å². The number of rotatable bonds is 8. The lowest BCUT2D eigenvalue weighted by molar-refractivity contribution is 0.163. The first-order valence-corrected chi connectivity index (χ1v) is 8.24. The molecule has 0 spiro atoms. The van der Waals surface area contributed by atoms with Crippen molar-refractivity contribution in [1.29, 1.82) is 0 Å². The minimum atomic E-state index is -0.364. The van der Waals surface area contributed by atoms with Crippen molar-refractivity contribution in [3.8, 4) is 0 Å². The average molecular weight is 324 g/mol. The Labute approximate surface area is 138 Å². The molecule has 0 aliphatic carbocycles. The largest absolute Gasteiger partial charge is 0.393 e. The summed E-state index contributed by atoms with van der Waals surface area (Å²) in [6, 6.07) is 6.13. The summed E-state index contributed by atoms with van der Waals surface area (Å²) in [6.45, 7) is 8.35. The third-order valence-electron chi connectivity index (χ3n) is 3.84. The fourth-order valence-electron chi connectivity index (χ4n) is 2.48. The molecule has 0 aliphatic rings. The summed E-state index contributed by atoms with van der Waals surface area (Å²) < 4.78 is 13.0. The molecule has 130 valence electrons. The molecule has 4 nitrogen and oxygen atoms in total. The van der Waals surface area contributed by atoms with E-state index in [2.05, 4.69) is 10.6 Å². The molecule has 3 N–H and O–H groups in total. The number of hydrogen-bond acceptors (Lipinski definition) is 2. The molecular formula is C18H29FN2O2. The Bertz CT molecular complexity index is 474. The van der Waals surface area contributed by atoms with Crippen LogP contribution in [0.5, 0.6) is 0 Å². The third kappa shape index (κ3) is 7.98. The van der Waals surface area contributed by atoms with Crippen LogP contribution in [0.25, 0.3) is 0 Å². The van der Waals surface area contributed by atoms with E-state index < -0.39 is 0 Å². The maximum absolute atomic E-state index is 13.0. The number of nitrogens with one attached hydrogen (secondary N) is 2. The van der Waals surface area contributed by atoms with Gasteiger partial charge < -0.3 is 15.7 Å². The van der Waals surface area contributed by atoms with Gasteiger partial charge >= 0.3 is 6.03 Å². The summed E-state index contributed by atoms with van der Waals surface area (Å²) in [5.41, 5.74) is 0.993.